The Balaban J connectivity index is 4.30. The van der Waals surface area contributed by atoms with E-state index in [1.54, 1.807) is 14.2 Å². The van der Waals surface area contributed by atoms with Gasteiger partial charge < -0.3 is 9.47 Å². The van der Waals surface area contributed by atoms with Gasteiger partial charge >= 0.3 is 0 Å². The molecule has 0 rings (SSSR count). The van der Waals surface area contributed by atoms with Gasteiger partial charge in [0.05, 0.1) is 11.2 Å². The molecule has 0 heterocycles. The molecular weight excluding hydrogens is 536 g/mol. The minimum Gasteiger partial charge on any atom is -0.378 e. The van der Waals surface area contributed by atoms with E-state index in [0.29, 0.717) is 35.5 Å². The predicted molar refractivity (Wildman–Crippen MR) is 198 cm³/mol. The highest BCUT2D eigenvalue weighted by Gasteiger charge is 2.14. The minimum atomic E-state index is -0.0823. The van der Waals surface area contributed by atoms with Crippen molar-refractivity contribution < 1.29 is 9.47 Å². The molecular formula is C42H70O2. The molecule has 2 nitrogen and oxygen atoms in total. The summed E-state index contributed by atoms with van der Waals surface area (Å²) >= 11 is 0. The highest BCUT2D eigenvalue weighted by Crippen LogP contribution is 2.17. The highest BCUT2D eigenvalue weighted by molar-refractivity contribution is 5.10. The maximum Gasteiger partial charge on any atom is 0.0657 e. The molecule has 0 bridgehead atoms. The number of rotatable bonds is 23. The molecule has 0 aliphatic heterocycles. The minimum absolute atomic E-state index is 0.0805. The molecule has 2 heteroatoms. The molecule has 0 aliphatic rings. The summed E-state index contributed by atoms with van der Waals surface area (Å²) in [6.07, 6.45) is 42.9. The van der Waals surface area contributed by atoms with Crippen molar-refractivity contribution in [3.63, 3.8) is 0 Å². The van der Waals surface area contributed by atoms with E-state index in [4.69, 9.17) is 9.47 Å². The fourth-order valence-corrected chi connectivity index (χ4v) is 4.32. The number of allylic oxidation sites excluding steroid dienone is 14. The summed E-state index contributed by atoms with van der Waals surface area (Å²) in [5.74, 6) is 3.09. The Hall–Kier alpha value is -2.16. The van der Waals surface area contributed by atoms with Crippen molar-refractivity contribution in [1.82, 2.24) is 0 Å². The van der Waals surface area contributed by atoms with Crippen LogP contribution in [0.5, 0.6) is 0 Å². The lowest BCUT2D eigenvalue weighted by Gasteiger charge is -2.20. The first-order chi connectivity index (χ1) is 20.7. The molecule has 0 fully saturated rings. The van der Waals surface area contributed by atoms with E-state index >= 15 is 0 Å². The van der Waals surface area contributed by atoms with Gasteiger partial charge in [0, 0.05) is 14.2 Å². The Morgan fingerprint density at radius 3 is 1.09 bits per heavy atom. The van der Waals surface area contributed by atoms with Crippen LogP contribution in [0.3, 0.4) is 0 Å². The third-order valence-electron chi connectivity index (χ3n) is 8.03. The number of hydrogen-bond acceptors (Lipinski definition) is 2. The molecule has 0 spiro atoms. The Morgan fingerprint density at radius 2 is 0.705 bits per heavy atom. The van der Waals surface area contributed by atoms with E-state index < -0.39 is 0 Å². The summed E-state index contributed by atoms with van der Waals surface area (Å²) in [7, 11) is 3.56. The Kier molecular flexibility index (Phi) is 22.9. The van der Waals surface area contributed by atoms with Crippen LogP contribution in [-0.4, -0.2) is 25.4 Å². The van der Waals surface area contributed by atoms with Gasteiger partial charge in [0.15, 0.2) is 0 Å². The van der Waals surface area contributed by atoms with E-state index in [1.807, 2.05) is 0 Å². The lowest BCUT2D eigenvalue weighted by molar-refractivity contribution is 0.0251. The summed E-state index contributed by atoms with van der Waals surface area (Å²) in [6, 6.07) is 0. The van der Waals surface area contributed by atoms with Crippen LogP contribution in [-0.2, 0) is 9.47 Å². The van der Waals surface area contributed by atoms with Crippen molar-refractivity contribution in [3.8, 4) is 0 Å². The summed E-state index contributed by atoms with van der Waals surface area (Å²) in [4.78, 5) is 0. The van der Waals surface area contributed by atoms with Crippen LogP contribution in [0, 0.1) is 35.5 Å². The second kappa shape index (κ2) is 24.1. The molecule has 0 saturated carbocycles. The number of methoxy groups -OCH3 is 2. The fourth-order valence-electron chi connectivity index (χ4n) is 4.32. The molecule has 0 aromatic rings. The summed E-state index contributed by atoms with van der Waals surface area (Å²) in [5.41, 5.74) is -0.163. The zero-order valence-electron chi connectivity index (χ0n) is 30.8. The SMILES string of the molecule is COC(C)(C)C/C=C\C(C)C/C=C/C(C)/C=C/CC(C)/C=C/C=C/C(C)/C=C/CC(C)/C=C/CC(C)/C=C/CC(C)(C)OC. The topological polar surface area (TPSA) is 18.5 Å². The van der Waals surface area contributed by atoms with Crippen molar-refractivity contribution in [3.05, 3.63) is 97.2 Å². The fraction of sp³-hybridized carbons (Fsp3) is 0.619. The Bertz CT molecular complexity index is 952. The zero-order chi connectivity index (χ0) is 33.4. The van der Waals surface area contributed by atoms with Crippen LogP contribution in [0.2, 0.25) is 0 Å². The maximum absolute atomic E-state index is 5.48. The largest absolute Gasteiger partial charge is 0.378 e. The highest BCUT2D eigenvalue weighted by atomic mass is 16.5. The summed E-state index contributed by atoms with van der Waals surface area (Å²) in [6.45, 7) is 22.1. The lowest BCUT2D eigenvalue weighted by Crippen LogP contribution is -2.20. The third kappa shape index (κ3) is 25.2. The molecule has 6 atom stereocenters. The molecule has 0 aromatic carbocycles. The van der Waals surface area contributed by atoms with Gasteiger partial charge in [-0.05, 0) is 102 Å². The Labute approximate surface area is 274 Å². The zero-order valence-corrected chi connectivity index (χ0v) is 30.8. The summed E-state index contributed by atoms with van der Waals surface area (Å²) in [5, 5.41) is 0. The van der Waals surface area contributed by atoms with Crippen molar-refractivity contribution in [1.29, 1.82) is 0 Å². The second-order valence-corrected chi connectivity index (χ2v) is 14.2. The van der Waals surface area contributed by atoms with E-state index in [9.17, 15) is 0 Å². The van der Waals surface area contributed by atoms with Gasteiger partial charge in [-0.3, -0.25) is 0 Å². The van der Waals surface area contributed by atoms with E-state index in [1.165, 1.54) is 0 Å². The summed E-state index contributed by atoms with van der Waals surface area (Å²) < 4.78 is 11.0. The van der Waals surface area contributed by atoms with Crippen LogP contribution in [0.15, 0.2) is 97.2 Å². The molecule has 0 aromatic heterocycles. The normalized spacial score (nSPS) is 18.4. The van der Waals surface area contributed by atoms with Gasteiger partial charge in [0.2, 0.25) is 0 Å². The first-order valence-electron chi connectivity index (χ1n) is 17.1. The number of hydrogen-bond donors (Lipinski definition) is 0. The van der Waals surface area contributed by atoms with Crippen LogP contribution in [0.4, 0.5) is 0 Å². The molecule has 6 unspecified atom stereocenters. The predicted octanol–water partition coefficient (Wildman–Crippen LogP) is 12.4. The van der Waals surface area contributed by atoms with Gasteiger partial charge in [0.1, 0.15) is 0 Å². The van der Waals surface area contributed by atoms with E-state index in [-0.39, 0.29) is 11.2 Å². The second-order valence-electron chi connectivity index (χ2n) is 14.2. The van der Waals surface area contributed by atoms with Crippen molar-refractivity contribution in [2.24, 2.45) is 35.5 Å². The lowest BCUT2D eigenvalue weighted by atomic mass is 10.00. The molecule has 0 aliphatic carbocycles. The quantitative estimate of drug-likeness (QED) is 0.0851. The van der Waals surface area contributed by atoms with Crippen LogP contribution in [0.25, 0.3) is 0 Å². The van der Waals surface area contributed by atoms with Crippen LogP contribution >= 0.6 is 0 Å². The molecule has 0 radical (unpaired) electrons. The van der Waals surface area contributed by atoms with Gasteiger partial charge in [-0.2, -0.15) is 0 Å². The van der Waals surface area contributed by atoms with E-state index in [0.717, 1.165) is 38.5 Å². The smallest absolute Gasteiger partial charge is 0.0657 e. The van der Waals surface area contributed by atoms with Crippen LogP contribution < -0.4 is 0 Å². The maximum atomic E-state index is 5.48. The molecule has 0 saturated heterocycles. The first kappa shape index (κ1) is 41.8. The monoisotopic (exact) mass is 607 g/mol. The van der Waals surface area contributed by atoms with E-state index in [2.05, 4.69) is 166 Å². The standard InChI is InChI=1S/C42H70O2/c1-35(23-15-25-37(3)27-17-29-39(5)31-19-33-41(7,8)43-11)21-13-14-22-36(2)24-16-26-38(4)28-18-30-40(6)32-20-34-42(9,10)44-12/h13-23,26-28,31-32,35-40H,24-25,29-30,33-34H2,1-12H3/b21-13+,22-14+,23-15+,26-16+,27-17+,28-18+,31-19+,32-20-. The van der Waals surface area contributed by atoms with Gasteiger partial charge in [-0.15, -0.1) is 0 Å². The third-order valence-corrected chi connectivity index (χ3v) is 8.03. The average molecular weight is 607 g/mol. The molecule has 250 valence electrons. The van der Waals surface area contributed by atoms with Gasteiger partial charge in [-0.1, -0.05) is 139 Å². The molecule has 44 heavy (non-hydrogen) atoms. The van der Waals surface area contributed by atoms with Crippen molar-refractivity contribution in [2.75, 3.05) is 14.2 Å². The van der Waals surface area contributed by atoms with Gasteiger partial charge in [-0.25, -0.2) is 0 Å². The van der Waals surface area contributed by atoms with Crippen LogP contribution in [0.1, 0.15) is 108 Å². The molecule has 0 amide bonds. The van der Waals surface area contributed by atoms with Gasteiger partial charge in [0.25, 0.3) is 0 Å². The first-order valence-corrected chi connectivity index (χ1v) is 17.1. The van der Waals surface area contributed by atoms with Crippen molar-refractivity contribution in [2.45, 2.75) is 119 Å². The number of ether oxygens (including phenoxy) is 2. The molecule has 0 N–H and O–H groups in total. The Morgan fingerprint density at radius 1 is 0.409 bits per heavy atom. The average Bonchev–Trinajstić information content (AvgIpc) is 2.95. The van der Waals surface area contributed by atoms with Crippen molar-refractivity contribution >= 4 is 0 Å².